The Morgan fingerprint density at radius 1 is 1.17 bits per heavy atom. The molecule has 2 aromatic heterocycles. The van der Waals surface area contributed by atoms with Crippen molar-refractivity contribution in [1.82, 2.24) is 15.1 Å². The van der Waals surface area contributed by atoms with Gasteiger partial charge in [0.05, 0.1) is 5.01 Å². The molecule has 2 heterocycles. The van der Waals surface area contributed by atoms with Crippen molar-refractivity contribution in [2.75, 3.05) is 0 Å². The average Bonchev–Trinajstić information content (AvgIpc) is 3.15. The van der Waals surface area contributed by atoms with Crippen LogP contribution in [0.25, 0.3) is 23.0 Å². The van der Waals surface area contributed by atoms with E-state index in [1.54, 1.807) is 11.3 Å². The number of hydrogen-bond donors (Lipinski definition) is 1. The second-order valence-electron chi connectivity index (χ2n) is 5.55. The van der Waals surface area contributed by atoms with Crippen LogP contribution in [0.4, 0.5) is 0 Å². The van der Waals surface area contributed by atoms with Crippen molar-refractivity contribution in [2.24, 2.45) is 11.7 Å². The van der Waals surface area contributed by atoms with Crippen LogP contribution in [0.1, 0.15) is 24.4 Å². The zero-order chi connectivity index (χ0) is 15.5. The van der Waals surface area contributed by atoms with Gasteiger partial charge in [0.25, 0.3) is 5.89 Å². The molecule has 0 spiro atoms. The number of aromatic nitrogens is 3. The van der Waals surface area contributed by atoms with Gasteiger partial charge in [-0.3, -0.25) is 0 Å². The van der Waals surface area contributed by atoms with E-state index in [9.17, 15) is 0 Å². The third-order valence-electron chi connectivity index (χ3n) is 3.23. The summed E-state index contributed by atoms with van der Waals surface area (Å²) < 4.78 is 5.34. The van der Waals surface area contributed by atoms with E-state index in [0.717, 1.165) is 28.2 Å². The van der Waals surface area contributed by atoms with Gasteiger partial charge in [0, 0.05) is 23.9 Å². The van der Waals surface area contributed by atoms with Gasteiger partial charge >= 0.3 is 0 Å². The molecular formula is C16H19ClN4OS. The van der Waals surface area contributed by atoms with Gasteiger partial charge in [0.2, 0.25) is 5.82 Å². The Labute approximate surface area is 145 Å². The molecule has 0 saturated heterocycles. The van der Waals surface area contributed by atoms with E-state index >= 15 is 0 Å². The molecule has 0 aliphatic rings. The van der Waals surface area contributed by atoms with E-state index in [1.807, 2.05) is 29.6 Å². The summed E-state index contributed by atoms with van der Waals surface area (Å²) in [5.74, 6) is 1.61. The van der Waals surface area contributed by atoms with E-state index in [2.05, 4.69) is 29.0 Å². The van der Waals surface area contributed by atoms with Crippen LogP contribution >= 0.6 is 23.7 Å². The van der Waals surface area contributed by atoms with Crippen LogP contribution in [0.2, 0.25) is 0 Å². The largest absolute Gasteiger partial charge is 0.332 e. The quantitative estimate of drug-likeness (QED) is 0.754. The molecule has 5 nitrogen and oxygen atoms in total. The van der Waals surface area contributed by atoms with Gasteiger partial charge in [-0.15, -0.1) is 23.7 Å². The van der Waals surface area contributed by atoms with Gasteiger partial charge in [0.1, 0.15) is 5.69 Å². The molecule has 0 radical (unpaired) electrons. The molecule has 0 amide bonds. The van der Waals surface area contributed by atoms with E-state index in [4.69, 9.17) is 10.3 Å². The molecule has 2 N–H and O–H groups in total. The number of halogens is 1. The van der Waals surface area contributed by atoms with Crippen LogP contribution in [0.5, 0.6) is 0 Å². The van der Waals surface area contributed by atoms with E-state index in [1.165, 1.54) is 0 Å². The highest BCUT2D eigenvalue weighted by Gasteiger charge is 2.14. The molecule has 122 valence electrons. The Kier molecular flexibility index (Phi) is 5.87. The smallest absolute Gasteiger partial charge is 0.277 e. The summed E-state index contributed by atoms with van der Waals surface area (Å²) in [6, 6.07) is 7.83. The first-order chi connectivity index (χ1) is 10.7. The van der Waals surface area contributed by atoms with Gasteiger partial charge in [-0.05, 0) is 11.5 Å². The number of nitrogens with zero attached hydrogens (tertiary/aromatic N) is 3. The molecule has 1 aromatic carbocycles. The third-order valence-corrected chi connectivity index (χ3v) is 4.10. The average molecular weight is 351 g/mol. The van der Waals surface area contributed by atoms with Crippen LogP contribution in [-0.2, 0) is 13.0 Å². The highest BCUT2D eigenvalue weighted by atomic mass is 35.5. The maximum atomic E-state index is 5.60. The van der Waals surface area contributed by atoms with Crippen molar-refractivity contribution >= 4 is 23.7 Å². The predicted octanol–water partition coefficient (Wildman–Crippen LogP) is 3.94. The monoisotopic (exact) mass is 350 g/mol. The molecular weight excluding hydrogens is 332 g/mol. The summed E-state index contributed by atoms with van der Waals surface area (Å²) in [7, 11) is 0. The Hall–Kier alpha value is -1.76. The second-order valence-corrected chi connectivity index (χ2v) is 6.49. The van der Waals surface area contributed by atoms with Gasteiger partial charge in [-0.25, -0.2) is 4.98 Å². The van der Waals surface area contributed by atoms with Crippen LogP contribution in [0.15, 0.2) is 34.2 Å². The lowest BCUT2D eigenvalue weighted by atomic mass is 10.1. The van der Waals surface area contributed by atoms with E-state index in [0.29, 0.717) is 24.2 Å². The first-order valence-corrected chi connectivity index (χ1v) is 8.11. The number of nitrogens with two attached hydrogens (primary N) is 1. The minimum absolute atomic E-state index is 0. The summed E-state index contributed by atoms with van der Waals surface area (Å²) in [6.07, 6.45) is 0.964. The number of thiazole rings is 1. The van der Waals surface area contributed by atoms with Crippen LogP contribution in [0.3, 0.4) is 0 Å². The van der Waals surface area contributed by atoms with Gasteiger partial charge < -0.3 is 10.3 Å². The van der Waals surface area contributed by atoms with Crippen LogP contribution in [0, 0.1) is 5.92 Å². The SMILES string of the molecule is CC(C)Cc1nc(-c2nc(-c3ccc(CN)cc3)no2)cs1.Cl. The normalized spacial score (nSPS) is 10.8. The summed E-state index contributed by atoms with van der Waals surface area (Å²) >= 11 is 1.63. The molecule has 0 unspecified atom stereocenters. The Morgan fingerprint density at radius 3 is 2.57 bits per heavy atom. The molecule has 0 aliphatic heterocycles. The fourth-order valence-corrected chi connectivity index (χ4v) is 3.07. The highest BCUT2D eigenvalue weighted by molar-refractivity contribution is 7.09. The summed E-state index contributed by atoms with van der Waals surface area (Å²) in [4.78, 5) is 8.99. The molecule has 23 heavy (non-hydrogen) atoms. The molecule has 0 saturated carbocycles. The molecule has 0 aliphatic carbocycles. The number of rotatable bonds is 5. The van der Waals surface area contributed by atoms with E-state index in [-0.39, 0.29) is 12.4 Å². The summed E-state index contributed by atoms with van der Waals surface area (Å²) in [5, 5.41) is 7.10. The Morgan fingerprint density at radius 2 is 1.91 bits per heavy atom. The minimum atomic E-state index is 0. The fraction of sp³-hybridized carbons (Fsp3) is 0.312. The van der Waals surface area contributed by atoms with Crippen LogP contribution in [-0.4, -0.2) is 15.1 Å². The lowest BCUT2D eigenvalue weighted by Crippen LogP contribution is -1.95. The van der Waals surface area contributed by atoms with Crippen molar-refractivity contribution in [3.05, 3.63) is 40.2 Å². The van der Waals surface area contributed by atoms with Crippen molar-refractivity contribution in [3.8, 4) is 23.0 Å². The maximum absolute atomic E-state index is 5.60. The first-order valence-electron chi connectivity index (χ1n) is 7.23. The molecule has 3 aromatic rings. The molecule has 0 bridgehead atoms. The maximum Gasteiger partial charge on any atom is 0.277 e. The van der Waals surface area contributed by atoms with Gasteiger partial charge in [0.15, 0.2) is 0 Å². The summed E-state index contributed by atoms with van der Waals surface area (Å²) in [6.45, 7) is 4.88. The highest BCUT2D eigenvalue weighted by Crippen LogP contribution is 2.25. The standard InChI is InChI=1S/C16H18N4OS.ClH/c1-10(2)7-14-18-13(9-22-14)16-19-15(20-21-16)12-5-3-11(8-17)4-6-12;/h3-6,9-10H,7-8,17H2,1-2H3;1H. The van der Waals surface area contributed by atoms with Crippen molar-refractivity contribution in [2.45, 2.75) is 26.8 Å². The van der Waals surface area contributed by atoms with Crippen molar-refractivity contribution in [1.29, 1.82) is 0 Å². The molecule has 3 rings (SSSR count). The zero-order valence-electron chi connectivity index (χ0n) is 13.0. The van der Waals surface area contributed by atoms with Gasteiger partial charge in [-0.2, -0.15) is 4.98 Å². The second kappa shape index (κ2) is 7.68. The number of hydrogen-bond acceptors (Lipinski definition) is 6. The lowest BCUT2D eigenvalue weighted by molar-refractivity contribution is 0.431. The lowest BCUT2D eigenvalue weighted by Gasteiger charge is -1.98. The minimum Gasteiger partial charge on any atom is -0.332 e. The fourth-order valence-electron chi connectivity index (χ4n) is 2.09. The van der Waals surface area contributed by atoms with Gasteiger partial charge in [-0.1, -0.05) is 43.3 Å². The molecule has 0 fully saturated rings. The van der Waals surface area contributed by atoms with Crippen molar-refractivity contribution < 1.29 is 4.52 Å². The third kappa shape index (κ3) is 4.16. The van der Waals surface area contributed by atoms with Crippen LogP contribution < -0.4 is 5.73 Å². The number of benzene rings is 1. The predicted molar refractivity (Wildman–Crippen MR) is 94.5 cm³/mol. The first kappa shape index (κ1) is 17.6. The molecule has 0 atom stereocenters. The van der Waals surface area contributed by atoms with Crippen molar-refractivity contribution in [3.63, 3.8) is 0 Å². The Balaban J connectivity index is 0.00000192. The molecule has 7 heteroatoms. The van der Waals surface area contributed by atoms with E-state index < -0.39 is 0 Å². The Bertz CT molecular complexity index is 752. The topological polar surface area (TPSA) is 77.8 Å². The summed E-state index contributed by atoms with van der Waals surface area (Å²) in [5.41, 5.74) is 8.33. The zero-order valence-corrected chi connectivity index (χ0v) is 14.7.